The van der Waals surface area contributed by atoms with Crippen LogP contribution in [0.5, 0.6) is 0 Å². The van der Waals surface area contributed by atoms with Crippen molar-refractivity contribution >= 4 is 10.0 Å². The fourth-order valence-corrected chi connectivity index (χ4v) is 2.60. The standard InChI is InChI=1S/C10H18N2O5S/c1-10(6-13,7-14)12-18(15,16)9-4-3-8(17-9)5-11-2/h3-4,11-14H,5-7H2,1-2H3. The van der Waals surface area contributed by atoms with E-state index in [4.69, 9.17) is 14.6 Å². The van der Waals surface area contributed by atoms with Crippen molar-refractivity contribution in [2.24, 2.45) is 0 Å². The van der Waals surface area contributed by atoms with E-state index in [1.165, 1.54) is 13.0 Å². The SMILES string of the molecule is CNCc1ccc(S(=O)(=O)NC(C)(CO)CO)o1. The first-order valence-electron chi connectivity index (χ1n) is 5.36. The second-order valence-corrected chi connectivity index (χ2v) is 5.85. The molecule has 0 unspecified atom stereocenters. The van der Waals surface area contributed by atoms with Gasteiger partial charge < -0.3 is 19.9 Å². The van der Waals surface area contributed by atoms with Crippen molar-refractivity contribution in [2.45, 2.75) is 24.1 Å². The zero-order valence-corrected chi connectivity index (χ0v) is 11.1. The maximum Gasteiger partial charge on any atom is 0.274 e. The van der Waals surface area contributed by atoms with E-state index in [0.717, 1.165) is 0 Å². The van der Waals surface area contributed by atoms with E-state index in [2.05, 4.69) is 10.0 Å². The van der Waals surface area contributed by atoms with Crippen molar-refractivity contribution in [3.63, 3.8) is 0 Å². The second kappa shape index (κ2) is 5.81. The Morgan fingerprint density at radius 3 is 2.44 bits per heavy atom. The summed E-state index contributed by atoms with van der Waals surface area (Å²) >= 11 is 0. The van der Waals surface area contributed by atoms with Crippen LogP contribution in [-0.2, 0) is 16.6 Å². The van der Waals surface area contributed by atoms with E-state index in [0.29, 0.717) is 12.3 Å². The van der Waals surface area contributed by atoms with Crippen LogP contribution in [0.15, 0.2) is 21.6 Å². The summed E-state index contributed by atoms with van der Waals surface area (Å²) in [5.74, 6) is 0.479. The number of hydrogen-bond donors (Lipinski definition) is 4. The summed E-state index contributed by atoms with van der Waals surface area (Å²) in [6.07, 6.45) is 0. The molecule has 18 heavy (non-hydrogen) atoms. The highest BCUT2D eigenvalue weighted by atomic mass is 32.2. The van der Waals surface area contributed by atoms with Gasteiger partial charge in [0.2, 0.25) is 5.09 Å². The van der Waals surface area contributed by atoms with Crippen LogP contribution in [0.2, 0.25) is 0 Å². The molecule has 0 aromatic carbocycles. The van der Waals surface area contributed by atoms with Crippen LogP contribution in [0.4, 0.5) is 0 Å². The Kier molecular flexibility index (Phi) is 4.88. The molecule has 0 aliphatic rings. The van der Waals surface area contributed by atoms with E-state index in [1.807, 2.05) is 0 Å². The minimum absolute atomic E-state index is 0.249. The first-order valence-corrected chi connectivity index (χ1v) is 6.84. The first kappa shape index (κ1) is 15.1. The Bertz CT molecular complexity index is 478. The molecule has 0 spiro atoms. The molecule has 0 amide bonds. The number of rotatable bonds is 7. The maximum absolute atomic E-state index is 11.9. The third kappa shape index (κ3) is 3.53. The molecule has 8 heteroatoms. The van der Waals surface area contributed by atoms with E-state index < -0.39 is 28.8 Å². The van der Waals surface area contributed by atoms with Gasteiger partial charge in [-0.15, -0.1) is 0 Å². The maximum atomic E-state index is 11.9. The van der Waals surface area contributed by atoms with Gasteiger partial charge in [0.05, 0.1) is 25.3 Å². The number of nitrogens with one attached hydrogen (secondary N) is 2. The number of aliphatic hydroxyl groups excluding tert-OH is 2. The molecular formula is C10H18N2O5S. The fraction of sp³-hybridized carbons (Fsp3) is 0.600. The van der Waals surface area contributed by atoms with Gasteiger partial charge in [-0.3, -0.25) is 0 Å². The molecule has 1 aromatic rings. The quantitative estimate of drug-likeness (QED) is 0.510. The summed E-state index contributed by atoms with van der Waals surface area (Å²) < 4.78 is 31.2. The van der Waals surface area contributed by atoms with Gasteiger partial charge in [0, 0.05) is 0 Å². The molecule has 4 N–H and O–H groups in total. The molecule has 0 aliphatic carbocycles. The van der Waals surface area contributed by atoms with E-state index in [9.17, 15) is 8.42 Å². The van der Waals surface area contributed by atoms with Gasteiger partial charge in [-0.1, -0.05) is 0 Å². The van der Waals surface area contributed by atoms with Crippen molar-refractivity contribution in [1.82, 2.24) is 10.0 Å². The largest absolute Gasteiger partial charge is 0.447 e. The summed E-state index contributed by atoms with van der Waals surface area (Å²) in [5.41, 5.74) is -1.32. The summed E-state index contributed by atoms with van der Waals surface area (Å²) in [5, 5.41) is 20.7. The average Bonchev–Trinajstić information content (AvgIpc) is 2.78. The third-order valence-corrected chi connectivity index (χ3v) is 3.84. The lowest BCUT2D eigenvalue weighted by Gasteiger charge is -2.24. The number of sulfonamides is 1. The summed E-state index contributed by atoms with van der Waals surface area (Å²) in [4.78, 5) is 0. The highest BCUT2D eigenvalue weighted by Crippen LogP contribution is 2.16. The first-order chi connectivity index (χ1) is 8.37. The number of hydrogen-bond acceptors (Lipinski definition) is 6. The van der Waals surface area contributed by atoms with Gasteiger partial charge >= 0.3 is 0 Å². The van der Waals surface area contributed by atoms with Crippen molar-refractivity contribution in [1.29, 1.82) is 0 Å². The molecule has 0 radical (unpaired) electrons. The van der Waals surface area contributed by atoms with E-state index >= 15 is 0 Å². The Hall–Kier alpha value is -0.930. The minimum atomic E-state index is -3.90. The summed E-state index contributed by atoms with van der Waals surface area (Å²) in [6.45, 7) is 0.758. The Morgan fingerprint density at radius 2 is 1.94 bits per heavy atom. The Morgan fingerprint density at radius 1 is 1.33 bits per heavy atom. The topological polar surface area (TPSA) is 112 Å². The zero-order chi connectivity index (χ0) is 13.8. The van der Waals surface area contributed by atoms with Gasteiger partial charge in [0.25, 0.3) is 10.0 Å². The molecule has 7 nitrogen and oxygen atoms in total. The van der Waals surface area contributed by atoms with Crippen LogP contribution < -0.4 is 10.0 Å². The third-order valence-electron chi connectivity index (χ3n) is 2.33. The van der Waals surface area contributed by atoms with Crippen LogP contribution in [0.1, 0.15) is 12.7 Å². The molecule has 0 saturated heterocycles. The molecule has 1 rings (SSSR count). The summed E-state index contributed by atoms with van der Waals surface area (Å²) in [6, 6.07) is 2.87. The molecule has 0 atom stereocenters. The van der Waals surface area contributed by atoms with Gasteiger partial charge in [0.15, 0.2) is 0 Å². The fourth-order valence-electron chi connectivity index (χ4n) is 1.26. The average molecular weight is 278 g/mol. The second-order valence-electron chi connectivity index (χ2n) is 4.23. The van der Waals surface area contributed by atoms with Crippen LogP contribution in [-0.4, -0.2) is 44.4 Å². The van der Waals surface area contributed by atoms with Gasteiger partial charge in [-0.05, 0) is 26.1 Å². The van der Waals surface area contributed by atoms with Crippen LogP contribution >= 0.6 is 0 Å². The molecule has 1 aromatic heterocycles. The smallest absolute Gasteiger partial charge is 0.274 e. The molecule has 1 heterocycles. The number of furan rings is 1. The van der Waals surface area contributed by atoms with Crippen LogP contribution in [0.25, 0.3) is 0 Å². The Balaban J connectivity index is 2.92. The predicted octanol–water partition coefficient (Wildman–Crippen LogP) is -0.979. The van der Waals surface area contributed by atoms with Crippen molar-refractivity contribution in [2.75, 3.05) is 20.3 Å². The van der Waals surface area contributed by atoms with Gasteiger partial charge in [-0.25, -0.2) is 8.42 Å². The predicted molar refractivity (Wildman–Crippen MR) is 64.4 cm³/mol. The molecule has 104 valence electrons. The molecule has 0 bridgehead atoms. The lowest BCUT2D eigenvalue weighted by Crippen LogP contribution is -2.51. The Labute approximate surface area is 106 Å². The van der Waals surface area contributed by atoms with Crippen molar-refractivity contribution in [3.8, 4) is 0 Å². The van der Waals surface area contributed by atoms with E-state index in [1.54, 1.807) is 13.1 Å². The van der Waals surface area contributed by atoms with Crippen molar-refractivity contribution in [3.05, 3.63) is 17.9 Å². The van der Waals surface area contributed by atoms with Gasteiger partial charge in [0.1, 0.15) is 5.76 Å². The highest BCUT2D eigenvalue weighted by molar-refractivity contribution is 7.89. The highest BCUT2D eigenvalue weighted by Gasteiger charge is 2.31. The lowest BCUT2D eigenvalue weighted by molar-refractivity contribution is 0.121. The number of aliphatic hydroxyl groups is 2. The van der Waals surface area contributed by atoms with E-state index in [-0.39, 0.29) is 5.09 Å². The molecular weight excluding hydrogens is 260 g/mol. The minimum Gasteiger partial charge on any atom is -0.447 e. The van der Waals surface area contributed by atoms with Crippen LogP contribution in [0.3, 0.4) is 0 Å². The monoisotopic (exact) mass is 278 g/mol. The van der Waals surface area contributed by atoms with Crippen molar-refractivity contribution < 1.29 is 23.0 Å². The summed E-state index contributed by atoms with van der Waals surface area (Å²) in [7, 11) is -2.19. The molecule has 0 aliphatic heterocycles. The van der Waals surface area contributed by atoms with Crippen LogP contribution in [0, 0.1) is 0 Å². The molecule has 0 fully saturated rings. The lowest BCUT2D eigenvalue weighted by atomic mass is 10.1. The molecule has 0 saturated carbocycles. The van der Waals surface area contributed by atoms with Gasteiger partial charge in [-0.2, -0.15) is 4.72 Å². The zero-order valence-electron chi connectivity index (χ0n) is 10.3. The normalized spacial score (nSPS) is 12.9.